The Hall–Kier alpha value is -1.44. The first-order chi connectivity index (χ1) is 13.4. The van der Waals surface area contributed by atoms with E-state index in [-0.39, 0.29) is 23.3 Å². The Morgan fingerprint density at radius 2 is 2.00 bits per heavy atom. The Morgan fingerprint density at radius 3 is 2.68 bits per heavy atom. The molecule has 3 fully saturated rings. The Morgan fingerprint density at radius 1 is 1.21 bits per heavy atom. The van der Waals surface area contributed by atoms with E-state index in [1.165, 1.54) is 5.56 Å². The maximum atomic E-state index is 13.6. The van der Waals surface area contributed by atoms with Gasteiger partial charge in [-0.15, -0.1) is 0 Å². The number of amides is 1. The summed E-state index contributed by atoms with van der Waals surface area (Å²) in [6, 6.07) is 0. The second-order valence-corrected chi connectivity index (χ2v) is 9.29. The zero-order valence-electron chi connectivity index (χ0n) is 17.5. The van der Waals surface area contributed by atoms with Gasteiger partial charge in [0.1, 0.15) is 0 Å². The number of hydrogen-bond acceptors (Lipinski definition) is 5. The molecule has 0 N–H and O–H groups in total. The van der Waals surface area contributed by atoms with Crippen LogP contribution >= 0.6 is 0 Å². The molecule has 0 bridgehead atoms. The summed E-state index contributed by atoms with van der Waals surface area (Å²) in [7, 11) is 1.94. The van der Waals surface area contributed by atoms with Crippen molar-refractivity contribution in [2.24, 2.45) is 18.9 Å². The van der Waals surface area contributed by atoms with Crippen LogP contribution in [0.4, 0.5) is 0 Å². The number of aryl methyl sites for hydroxylation is 1. The molecule has 3 saturated heterocycles. The smallest absolute Gasteiger partial charge is 0.228 e. The zero-order valence-corrected chi connectivity index (χ0v) is 17.5. The maximum absolute atomic E-state index is 13.6. The summed E-state index contributed by atoms with van der Waals surface area (Å²) in [6.45, 7) is 10.7. The molecule has 1 aromatic heterocycles. The second kappa shape index (κ2) is 8.13. The molecule has 7 heteroatoms. The minimum atomic E-state index is -0.247. The number of hydrogen-bond donors (Lipinski definition) is 0. The molecule has 3 aliphatic rings. The SMILES string of the molecule is Cn1cc([C@@H]2CN(CC3CCOCC3)C[C@H]2C(=O)N2CCOCC2(C)C)cn1. The van der Waals surface area contributed by atoms with Crippen LogP contribution in [-0.2, 0) is 21.3 Å². The predicted octanol–water partition coefficient (Wildman–Crippen LogP) is 1.50. The van der Waals surface area contributed by atoms with Crippen molar-refractivity contribution >= 4 is 5.91 Å². The van der Waals surface area contributed by atoms with Gasteiger partial charge in [0, 0.05) is 58.6 Å². The summed E-state index contributed by atoms with van der Waals surface area (Å²) in [4.78, 5) is 18.2. The first kappa shape index (κ1) is 19.9. The molecule has 4 rings (SSSR count). The molecule has 1 amide bonds. The third kappa shape index (κ3) is 4.11. The van der Waals surface area contributed by atoms with Crippen molar-refractivity contribution in [2.75, 3.05) is 52.6 Å². The molecule has 156 valence electrons. The average Bonchev–Trinajstić information content (AvgIpc) is 3.28. The van der Waals surface area contributed by atoms with Crippen LogP contribution in [-0.4, -0.2) is 83.6 Å². The summed E-state index contributed by atoms with van der Waals surface area (Å²) in [6.07, 6.45) is 6.27. The van der Waals surface area contributed by atoms with Crippen molar-refractivity contribution in [1.29, 1.82) is 0 Å². The maximum Gasteiger partial charge on any atom is 0.228 e. The largest absolute Gasteiger partial charge is 0.381 e. The number of ether oxygens (including phenoxy) is 2. The summed E-state index contributed by atoms with van der Waals surface area (Å²) >= 11 is 0. The van der Waals surface area contributed by atoms with Crippen molar-refractivity contribution < 1.29 is 14.3 Å². The highest BCUT2D eigenvalue weighted by atomic mass is 16.5. The first-order valence-corrected chi connectivity index (χ1v) is 10.6. The van der Waals surface area contributed by atoms with Crippen LogP contribution in [0.15, 0.2) is 12.4 Å². The second-order valence-electron chi connectivity index (χ2n) is 9.29. The molecular formula is C21H34N4O3. The number of morpholine rings is 1. The molecule has 7 nitrogen and oxygen atoms in total. The van der Waals surface area contributed by atoms with Crippen LogP contribution in [0, 0.1) is 11.8 Å². The van der Waals surface area contributed by atoms with Crippen LogP contribution in [0.3, 0.4) is 0 Å². The van der Waals surface area contributed by atoms with Gasteiger partial charge in [-0.1, -0.05) is 0 Å². The Kier molecular flexibility index (Phi) is 5.76. The fourth-order valence-electron chi connectivity index (χ4n) is 5.02. The molecule has 3 aliphatic heterocycles. The van der Waals surface area contributed by atoms with Gasteiger partial charge < -0.3 is 19.3 Å². The van der Waals surface area contributed by atoms with Crippen LogP contribution in [0.2, 0.25) is 0 Å². The third-order valence-corrected chi connectivity index (χ3v) is 6.63. The van der Waals surface area contributed by atoms with Gasteiger partial charge in [-0.05, 0) is 38.2 Å². The van der Waals surface area contributed by atoms with Crippen molar-refractivity contribution in [2.45, 2.75) is 38.1 Å². The van der Waals surface area contributed by atoms with E-state index >= 15 is 0 Å². The summed E-state index contributed by atoms with van der Waals surface area (Å²) in [5.41, 5.74) is 0.935. The van der Waals surface area contributed by atoms with E-state index in [4.69, 9.17) is 9.47 Å². The highest BCUT2D eigenvalue weighted by Crippen LogP contribution is 2.36. The summed E-state index contributed by atoms with van der Waals surface area (Å²) in [5, 5.41) is 4.37. The lowest BCUT2D eigenvalue weighted by Crippen LogP contribution is -2.57. The van der Waals surface area contributed by atoms with E-state index in [9.17, 15) is 4.79 Å². The molecule has 28 heavy (non-hydrogen) atoms. The first-order valence-electron chi connectivity index (χ1n) is 10.6. The van der Waals surface area contributed by atoms with Gasteiger partial charge in [0.15, 0.2) is 0 Å². The Bertz CT molecular complexity index is 683. The molecule has 0 radical (unpaired) electrons. The highest BCUT2D eigenvalue weighted by Gasteiger charge is 2.45. The predicted molar refractivity (Wildman–Crippen MR) is 106 cm³/mol. The Balaban J connectivity index is 1.52. The highest BCUT2D eigenvalue weighted by molar-refractivity contribution is 5.81. The minimum absolute atomic E-state index is 0.0126. The van der Waals surface area contributed by atoms with Crippen molar-refractivity contribution in [3.05, 3.63) is 18.0 Å². The lowest BCUT2D eigenvalue weighted by Gasteiger charge is -2.43. The van der Waals surface area contributed by atoms with Gasteiger partial charge in [-0.2, -0.15) is 5.10 Å². The molecule has 2 atom stereocenters. The third-order valence-electron chi connectivity index (χ3n) is 6.63. The van der Waals surface area contributed by atoms with Crippen molar-refractivity contribution in [3.63, 3.8) is 0 Å². The number of nitrogens with zero attached hydrogens (tertiary/aromatic N) is 4. The van der Waals surface area contributed by atoms with Gasteiger partial charge in [0.25, 0.3) is 0 Å². The van der Waals surface area contributed by atoms with Gasteiger partial charge in [-0.25, -0.2) is 0 Å². The molecule has 0 aromatic carbocycles. The molecule has 0 spiro atoms. The molecule has 0 aliphatic carbocycles. The lowest BCUT2D eigenvalue weighted by molar-refractivity contribution is -0.150. The minimum Gasteiger partial charge on any atom is -0.381 e. The van der Waals surface area contributed by atoms with Crippen LogP contribution in [0.25, 0.3) is 0 Å². The van der Waals surface area contributed by atoms with E-state index in [0.717, 1.165) is 45.7 Å². The summed E-state index contributed by atoms with van der Waals surface area (Å²) in [5.74, 6) is 1.15. The van der Waals surface area contributed by atoms with E-state index in [1.807, 2.05) is 17.9 Å². The fourth-order valence-corrected chi connectivity index (χ4v) is 5.02. The standard InChI is InChI=1S/C21H34N4O3/c1-21(2)15-28-9-6-25(21)20(26)19-14-24(11-16-4-7-27-8-5-16)13-18(19)17-10-22-23(3)12-17/h10,12,16,18-19H,4-9,11,13-15H2,1-3H3/t18-,19+/m0/s1. The number of aromatic nitrogens is 2. The van der Waals surface area contributed by atoms with Crippen molar-refractivity contribution in [1.82, 2.24) is 19.6 Å². The molecular weight excluding hydrogens is 356 g/mol. The lowest BCUT2D eigenvalue weighted by atomic mass is 9.88. The molecule has 0 saturated carbocycles. The van der Waals surface area contributed by atoms with E-state index in [2.05, 4.69) is 34.9 Å². The monoisotopic (exact) mass is 390 g/mol. The van der Waals surface area contributed by atoms with Crippen LogP contribution in [0.5, 0.6) is 0 Å². The van der Waals surface area contributed by atoms with Gasteiger partial charge >= 0.3 is 0 Å². The normalized spacial score (nSPS) is 29.3. The molecule has 4 heterocycles. The number of likely N-dealkylation sites (tertiary alicyclic amines) is 1. The van der Waals surface area contributed by atoms with Crippen LogP contribution in [0.1, 0.15) is 38.2 Å². The zero-order chi connectivity index (χ0) is 19.7. The average molecular weight is 391 g/mol. The van der Waals surface area contributed by atoms with E-state index in [1.54, 1.807) is 0 Å². The van der Waals surface area contributed by atoms with E-state index < -0.39 is 0 Å². The van der Waals surface area contributed by atoms with Gasteiger partial charge in [0.2, 0.25) is 5.91 Å². The fraction of sp³-hybridized carbons (Fsp3) is 0.810. The van der Waals surface area contributed by atoms with Crippen molar-refractivity contribution in [3.8, 4) is 0 Å². The quantitative estimate of drug-likeness (QED) is 0.780. The van der Waals surface area contributed by atoms with Gasteiger partial charge in [0.05, 0.1) is 30.9 Å². The molecule has 0 unspecified atom stereocenters. The van der Waals surface area contributed by atoms with Crippen LogP contribution < -0.4 is 0 Å². The Labute approximate surface area is 167 Å². The topological polar surface area (TPSA) is 59.8 Å². The number of rotatable bonds is 4. The summed E-state index contributed by atoms with van der Waals surface area (Å²) < 4.78 is 13.0. The number of carbonyl (C=O) groups excluding carboxylic acids is 1. The van der Waals surface area contributed by atoms with E-state index in [0.29, 0.717) is 25.7 Å². The number of carbonyl (C=O) groups is 1. The molecule has 1 aromatic rings. The van der Waals surface area contributed by atoms with Gasteiger partial charge in [-0.3, -0.25) is 9.48 Å².